The lowest BCUT2D eigenvalue weighted by Gasteiger charge is -2.11. The van der Waals surface area contributed by atoms with E-state index in [0.717, 1.165) is 18.5 Å². The lowest BCUT2D eigenvalue weighted by atomic mass is 10.4. The molecule has 0 amide bonds. The fourth-order valence-electron chi connectivity index (χ4n) is 1.87. The van der Waals surface area contributed by atoms with Crippen molar-refractivity contribution in [3.05, 3.63) is 11.6 Å². The van der Waals surface area contributed by atoms with Gasteiger partial charge in [0.05, 0.1) is 12.4 Å². The molecule has 1 atom stereocenters. The SMILES string of the molecule is COCCCn1cnc2nc(Cl)nc(NCC(C)O)c21. The topological polar surface area (TPSA) is 85.1 Å². The lowest BCUT2D eigenvalue weighted by molar-refractivity contribution is 0.190. The van der Waals surface area contributed by atoms with E-state index < -0.39 is 6.10 Å². The molecule has 0 saturated heterocycles. The highest BCUT2D eigenvalue weighted by Crippen LogP contribution is 2.21. The molecule has 0 saturated carbocycles. The minimum absolute atomic E-state index is 0.132. The smallest absolute Gasteiger partial charge is 0.226 e. The highest BCUT2D eigenvalue weighted by Gasteiger charge is 2.13. The van der Waals surface area contributed by atoms with Gasteiger partial charge < -0.3 is 19.7 Å². The van der Waals surface area contributed by atoms with Crippen molar-refractivity contribution in [2.75, 3.05) is 25.6 Å². The van der Waals surface area contributed by atoms with Crippen molar-refractivity contribution in [1.29, 1.82) is 0 Å². The Bertz CT molecular complexity index is 572. The maximum absolute atomic E-state index is 9.37. The molecule has 2 aromatic rings. The largest absolute Gasteiger partial charge is 0.392 e. The van der Waals surface area contributed by atoms with Gasteiger partial charge in [-0.3, -0.25) is 0 Å². The van der Waals surface area contributed by atoms with Crippen LogP contribution < -0.4 is 5.32 Å². The first-order chi connectivity index (χ1) is 9.61. The molecule has 0 aromatic carbocycles. The van der Waals surface area contributed by atoms with E-state index in [-0.39, 0.29) is 5.28 Å². The molecule has 1 unspecified atom stereocenters. The number of hydrogen-bond donors (Lipinski definition) is 2. The first-order valence-electron chi connectivity index (χ1n) is 6.41. The van der Waals surface area contributed by atoms with E-state index in [1.54, 1.807) is 20.4 Å². The molecule has 2 rings (SSSR count). The monoisotopic (exact) mass is 299 g/mol. The summed E-state index contributed by atoms with van der Waals surface area (Å²) in [6.45, 7) is 3.50. The van der Waals surface area contributed by atoms with Crippen LogP contribution in [-0.2, 0) is 11.3 Å². The molecule has 0 aliphatic rings. The number of nitrogens with one attached hydrogen (secondary N) is 1. The lowest BCUT2D eigenvalue weighted by Crippen LogP contribution is -2.17. The molecular weight excluding hydrogens is 282 g/mol. The van der Waals surface area contributed by atoms with E-state index in [4.69, 9.17) is 16.3 Å². The summed E-state index contributed by atoms with van der Waals surface area (Å²) < 4.78 is 7.00. The Labute approximate surface area is 122 Å². The van der Waals surface area contributed by atoms with Crippen LogP contribution in [0.4, 0.5) is 5.82 Å². The third kappa shape index (κ3) is 3.56. The maximum atomic E-state index is 9.37. The van der Waals surface area contributed by atoms with Crippen LogP contribution in [0.5, 0.6) is 0 Å². The molecule has 0 bridgehead atoms. The highest BCUT2D eigenvalue weighted by molar-refractivity contribution is 6.28. The van der Waals surface area contributed by atoms with E-state index in [1.165, 1.54) is 0 Å². The van der Waals surface area contributed by atoms with Gasteiger partial charge in [0.2, 0.25) is 5.28 Å². The first kappa shape index (κ1) is 15.0. The van der Waals surface area contributed by atoms with Crippen molar-refractivity contribution >= 4 is 28.6 Å². The van der Waals surface area contributed by atoms with Crippen LogP contribution in [0.1, 0.15) is 13.3 Å². The number of rotatable bonds is 7. The number of halogens is 1. The van der Waals surface area contributed by atoms with Gasteiger partial charge in [0.25, 0.3) is 0 Å². The number of methoxy groups -OCH3 is 1. The Morgan fingerprint density at radius 3 is 3.00 bits per heavy atom. The number of fused-ring (bicyclic) bond motifs is 1. The predicted octanol–water partition coefficient (Wildman–Crippen LogP) is 1.31. The second-order valence-electron chi connectivity index (χ2n) is 4.53. The van der Waals surface area contributed by atoms with E-state index >= 15 is 0 Å². The zero-order valence-corrected chi connectivity index (χ0v) is 12.3. The third-order valence-corrected chi connectivity index (χ3v) is 2.93. The fourth-order valence-corrected chi connectivity index (χ4v) is 2.03. The number of anilines is 1. The average Bonchev–Trinajstić information content (AvgIpc) is 2.79. The number of aromatic nitrogens is 4. The zero-order chi connectivity index (χ0) is 14.5. The van der Waals surface area contributed by atoms with E-state index in [9.17, 15) is 5.11 Å². The Morgan fingerprint density at radius 1 is 1.50 bits per heavy atom. The van der Waals surface area contributed by atoms with Gasteiger partial charge in [0.1, 0.15) is 5.52 Å². The maximum Gasteiger partial charge on any atom is 0.226 e. The fraction of sp³-hybridized carbons (Fsp3) is 0.583. The quantitative estimate of drug-likeness (QED) is 0.592. The molecule has 7 nitrogen and oxygen atoms in total. The summed E-state index contributed by atoms with van der Waals surface area (Å²) >= 11 is 5.88. The van der Waals surface area contributed by atoms with Gasteiger partial charge in [-0.2, -0.15) is 9.97 Å². The summed E-state index contributed by atoms with van der Waals surface area (Å²) in [6, 6.07) is 0. The molecule has 8 heteroatoms. The minimum atomic E-state index is -0.483. The summed E-state index contributed by atoms with van der Waals surface area (Å²) in [5.41, 5.74) is 1.32. The standard InChI is InChI=1S/C12H18ClN5O2/c1-8(19)6-14-10-9-11(17-12(13)16-10)15-7-18(9)4-3-5-20-2/h7-8,19H,3-6H2,1-2H3,(H,14,16,17). The van der Waals surface area contributed by atoms with Crippen LogP contribution in [0.3, 0.4) is 0 Å². The summed E-state index contributed by atoms with van der Waals surface area (Å²) in [4.78, 5) is 12.5. The molecular formula is C12H18ClN5O2. The molecule has 2 aromatic heterocycles. The Hall–Kier alpha value is -1.44. The third-order valence-electron chi connectivity index (χ3n) is 2.76. The van der Waals surface area contributed by atoms with Crippen LogP contribution in [0, 0.1) is 0 Å². The van der Waals surface area contributed by atoms with Crippen molar-refractivity contribution in [2.45, 2.75) is 26.0 Å². The Kier molecular flexibility index (Phi) is 5.11. The number of aliphatic hydroxyl groups excluding tert-OH is 1. The van der Waals surface area contributed by atoms with Gasteiger partial charge in [-0.1, -0.05) is 0 Å². The van der Waals surface area contributed by atoms with Crippen LogP contribution in [0.25, 0.3) is 11.2 Å². The van der Waals surface area contributed by atoms with Crippen LogP contribution in [0.15, 0.2) is 6.33 Å². The number of imidazole rings is 1. The van der Waals surface area contributed by atoms with Gasteiger partial charge >= 0.3 is 0 Å². The molecule has 0 fully saturated rings. The number of hydrogen-bond acceptors (Lipinski definition) is 6. The van der Waals surface area contributed by atoms with E-state index in [0.29, 0.717) is 24.6 Å². The van der Waals surface area contributed by atoms with Crippen molar-refractivity contribution in [3.8, 4) is 0 Å². The van der Waals surface area contributed by atoms with E-state index in [2.05, 4.69) is 20.3 Å². The molecule has 0 radical (unpaired) electrons. The molecule has 20 heavy (non-hydrogen) atoms. The molecule has 0 aliphatic heterocycles. The average molecular weight is 300 g/mol. The summed E-state index contributed by atoms with van der Waals surface area (Å²) in [6.07, 6.45) is 2.09. The van der Waals surface area contributed by atoms with Gasteiger partial charge in [-0.15, -0.1) is 0 Å². The minimum Gasteiger partial charge on any atom is -0.392 e. The van der Waals surface area contributed by atoms with Crippen LogP contribution in [0.2, 0.25) is 5.28 Å². The Balaban J connectivity index is 2.29. The number of ether oxygens (including phenoxy) is 1. The predicted molar refractivity (Wildman–Crippen MR) is 77.0 cm³/mol. The van der Waals surface area contributed by atoms with Crippen LogP contribution in [-0.4, -0.2) is 51.0 Å². The van der Waals surface area contributed by atoms with Gasteiger partial charge in [0, 0.05) is 26.8 Å². The summed E-state index contributed by atoms with van der Waals surface area (Å²) in [5.74, 6) is 0.579. The van der Waals surface area contributed by atoms with Gasteiger partial charge in [-0.05, 0) is 24.9 Å². The molecule has 2 N–H and O–H groups in total. The number of aliphatic hydroxyl groups is 1. The van der Waals surface area contributed by atoms with Crippen molar-refractivity contribution < 1.29 is 9.84 Å². The van der Waals surface area contributed by atoms with Crippen molar-refractivity contribution in [3.63, 3.8) is 0 Å². The van der Waals surface area contributed by atoms with Gasteiger partial charge in [-0.25, -0.2) is 4.98 Å². The van der Waals surface area contributed by atoms with Crippen molar-refractivity contribution in [2.24, 2.45) is 0 Å². The zero-order valence-electron chi connectivity index (χ0n) is 11.5. The normalized spacial score (nSPS) is 12.8. The molecule has 0 spiro atoms. The second kappa shape index (κ2) is 6.83. The number of aryl methyl sites for hydroxylation is 1. The van der Waals surface area contributed by atoms with Crippen LogP contribution >= 0.6 is 11.6 Å². The first-order valence-corrected chi connectivity index (χ1v) is 6.79. The van der Waals surface area contributed by atoms with E-state index in [1.807, 2.05) is 4.57 Å². The van der Waals surface area contributed by atoms with Gasteiger partial charge in [0.15, 0.2) is 11.5 Å². The molecule has 2 heterocycles. The molecule has 110 valence electrons. The number of nitrogens with zero attached hydrogens (tertiary/aromatic N) is 4. The summed E-state index contributed by atoms with van der Waals surface area (Å²) in [5, 5.41) is 12.6. The second-order valence-corrected chi connectivity index (χ2v) is 4.87. The highest BCUT2D eigenvalue weighted by atomic mass is 35.5. The van der Waals surface area contributed by atoms with Crippen molar-refractivity contribution in [1.82, 2.24) is 19.5 Å². The summed E-state index contributed by atoms with van der Waals surface area (Å²) in [7, 11) is 1.67. The Morgan fingerprint density at radius 2 is 2.30 bits per heavy atom. The molecule has 0 aliphatic carbocycles.